The number of ether oxygens (including phenoxy) is 1. The number of nitrogens with one attached hydrogen (secondary N) is 2. The monoisotopic (exact) mass is 352 g/mol. The fraction of sp³-hybridized carbons (Fsp3) is 0.529. The summed E-state index contributed by atoms with van der Waals surface area (Å²) in [6, 6.07) is 3.78. The first-order chi connectivity index (χ1) is 11.1. The quantitative estimate of drug-likeness (QED) is 0.831. The molecule has 0 aliphatic carbocycles. The van der Waals surface area contributed by atoms with Crippen LogP contribution in [0.1, 0.15) is 22.8 Å². The van der Waals surface area contributed by atoms with Crippen LogP contribution in [-0.4, -0.2) is 48.5 Å². The summed E-state index contributed by atoms with van der Waals surface area (Å²) in [5.74, 6) is 0.590. The average Bonchev–Trinajstić information content (AvgIpc) is 2.92. The summed E-state index contributed by atoms with van der Waals surface area (Å²) in [7, 11) is 1.64. The molecule has 7 heteroatoms. The van der Waals surface area contributed by atoms with E-state index in [0.717, 1.165) is 36.1 Å². The van der Waals surface area contributed by atoms with Gasteiger partial charge in [-0.05, 0) is 31.5 Å². The second kappa shape index (κ2) is 7.96. The van der Waals surface area contributed by atoms with Crippen molar-refractivity contribution < 1.29 is 9.53 Å². The Kier molecular flexibility index (Phi) is 6.21. The first-order valence-corrected chi connectivity index (χ1v) is 8.07. The van der Waals surface area contributed by atoms with E-state index in [0.29, 0.717) is 18.0 Å². The fourth-order valence-corrected chi connectivity index (χ4v) is 2.78. The lowest BCUT2D eigenvalue weighted by atomic mass is 10.0. The number of aryl methyl sites for hydroxylation is 1. The van der Waals surface area contributed by atoms with Crippen LogP contribution in [-0.2, 0) is 11.3 Å². The molecule has 6 nitrogen and oxygen atoms in total. The summed E-state index contributed by atoms with van der Waals surface area (Å²) in [4.78, 5) is 12.4. The number of carbonyl (C=O) groups is 1. The van der Waals surface area contributed by atoms with E-state index in [9.17, 15) is 4.79 Å². The van der Waals surface area contributed by atoms with Crippen molar-refractivity contribution in [3.05, 3.63) is 29.5 Å². The Morgan fingerprint density at radius 3 is 2.88 bits per heavy atom. The van der Waals surface area contributed by atoms with Crippen LogP contribution in [0.15, 0.2) is 18.3 Å². The lowest BCUT2D eigenvalue weighted by molar-refractivity contribution is 0.0870. The van der Waals surface area contributed by atoms with Crippen LogP contribution in [0.5, 0.6) is 0 Å². The highest BCUT2D eigenvalue weighted by Gasteiger charge is 2.19. The molecule has 1 saturated heterocycles. The van der Waals surface area contributed by atoms with Crippen molar-refractivity contribution in [1.29, 1.82) is 0 Å². The zero-order valence-corrected chi connectivity index (χ0v) is 15.2. The van der Waals surface area contributed by atoms with Gasteiger partial charge in [-0.15, -0.1) is 12.4 Å². The molecular formula is C17H25ClN4O2. The number of nitrogens with zero attached hydrogens (tertiary/aromatic N) is 2. The highest BCUT2D eigenvalue weighted by Crippen LogP contribution is 2.22. The molecule has 3 rings (SSSR count). The number of methoxy groups -OCH3 is 1. The first-order valence-electron chi connectivity index (χ1n) is 8.07. The molecule has 1 atom stereocenters. The maximum atomic E-state index is 12.4. The number of halogens is 1. The van der Waals surface area contributed by atoms with Crippen LogP contribution < -0.4 is 10.6 Å². The lowest BCUT2D eigenvalue weighted by Crippen LogP contribution is -2.44. The summed E-state index contributed by atoms with van der Waals surface area (Å²) in [5.41, 5.74) is 2.62. The van der Waals surface area contributed by atoms with Gasteiger partial charge in [0.15, 0.2) is 0 Å². The molecule has 1 unspecified atom stereocenters. The van der Waals surface area contributed by atoms with Crippen LogP contribution in [0.25, 0.3) is 10.9 Å². The zero-order chi connectivity index (χ0) is 16.4. The Morgan fingerprint density at radius 2 is 2.25 bits per heavy atom. The summed E-state index contributed by atoms with van der Waals surface area (Å²) in [6.45, 7) is 7.44. The number of hydrogen-bond donors (Lipinski definition) is 2. The minimum absolute atomic E-state index is 0. The second-order valence-electron chi connectivity index (χ2n) is 6.30. The number of carbonyl (C=O) groups excluding carboxylic acids is 1. The van der Waals surface area contributed by atoms with Crippen molar-refractivity contribution in [3.8, 4) is 0 Å². The molecule has 1 aliphatic heterocycles. The maximum Gasteiger partial charge on any atom is 0.251 e. The fourth-order valence-electron chi connectivity index (χ4n) is 2.78. The van der Waals surface area contributed by atoms with Crippen LogP contribution in [0.4, 0.5) is 0 Å². The molecule has 1 amide bonds. The molecule has 0 bridgehead atoms. The van der Waals surface area contributed by atoms with Crippen molar-refractivity contribution in [2.45, 2.75) is 26.5 Å². The van der Waals surface area contributed by atoms with Crippen LogP contribution in [0, 0.1) is 12.8 Å². The van der Waals surface area contributed by atoms with Gasteiger partial charge in [0.1, 0.15) is 0 Å². The normalized spacial score (nSPS) is 15.6. The van der Waals surface area contributed by atoms with Crippen LogP contribution >= 0.6 is 12.4 Å². The molecule has 1 aromatic heterocycles. The van der Waals surface area contributed by atoms with E-state index in [1.54, 1.807) is 7.11 Å². The SMILES string of the molecule is COC(C)CNC(=O)c1ccc2nn(CC3CNC3)cc2c1C.Cl. The lowest BCUT2D eigenvalue weighted by Gasteiger charge is -2.26. The van der Waals surface area contributed by atoms with Gasteiger partial charge in [-0.25, -0.2) is 0 Å². The van der Waals surface area contributed by atoms with Gasteiger partial charge in [-0.1, -0.05) is 0 Å². The minimum Gasteiger partial charge on any atom is -0.380 e. The molecule has 132 valence electrons. The van der Waals surface area contributed by atoms with Gasteiger partial charge in [0.2, 0.25) is 0 Å². The summed E-state index contributed by atoms with van der Waals surface area (Å²) in [6.07, 6.45) is 2.05. The minimum atomic E-state index is -0.0655. The van der Waals surface area contributed by atoms with E-state index >= 15 is 0 Å². The summed E-state index contributed by atoms with van der Waals surface area (Å²) >= 11 is 0. The van der Waals surface area contributed by atoms with E-state index < -0.39 is 0 Å². The molecule has 2 N–H and O–H groups in total. The van der Waals surface area contributed by atoms with Crippen molar-refractivity contribution >= 4 is 29.2 Å². The molecule has 2 aromatic rings. The number of hydrogen-bond acceptors (Lipinski definition) is 4. The Morgan fingerprint density at radius 1 is 1.50 bits per heavy atom. The molecule has 1 aromatic carbocycles. The van der Waals surface area contributed by atoms with Gasteiger partial charge in [0.05, 0.1) is 11.6 Å². The van der Waals surface area contributed by atoms with Gasteiger partial charge in [0.25, 0.3) is 5.91 Å². The Hall–Kier alpha value is -1.63. The molecule has 1 fully saturated rings. The first kappa shape index (κ1) is 18.7. The van der Waals surface area contributed by atoms with Crippen LogP contribution in [0.2, 0.25) is 0 Å². The molecule has 0 spiro atoms. The molecule has 0 saturated carbocycles. The number of aromatic nitrogens is 2. The topological polar surface area (TPSA) is 68.2 Å². The average molecular weight is 353 g/mol. The van der Waals surface area contributed by atoms with Gasteiger partial charge >= 0.3 is 0 Å². The van der Waals surface area contributed by atoms with E-state index in [1.165, 1.54) is 0 Å². The third-order valence-corrected chi connectivity index (χ3v) is 4.51. The number of rotatable bonds is 6. The number of benzene rings is 1. The van der Waals surface area contributed by atoms with E-state index in [-0.39, 0.29) is 24.4 Å². The van der Waals surface area contributed by atoms with Gasteiger partial charge in [-0.2, -0.15) is 5.10 Å². The van der Waals surface area contributed by atoms with Crippen molar-refractivity contribution in [3.63, 3.8) is 0 Å². The highest BCUT2D eigenvalue weighted by atomic mass is 35.5. The number of amides is 1. The summed E-state index contributed by atoms with van der Waals surface area (Å²) in [5, 5.41) is 11.9. The zero-order valence-electron chi connectivity index (χ0n) is 14.3. The Balaban J connectivity index is 0.00000208. The number of fused-ring (bicyclic) bond motifs is 1. The van der Waals surface area contributed by atoms with Gasteiger partial charge in [-0.3, -0.25) is 9.48 Å². The second-order valence-corrected chi connectivity index (χ2v) is 6.30. The predicted molar refractivity (Wildman–Crippen MR) is 96.9 cm³/mol. The predicted octanol–water partition coefficient (Wildman–Crippen LogP) is 1.75. The smallest absolute Gasteiger partial charge is 0.251 e. The van der Waals surface area contributed by atoms with E-state index in [1.807, 2.05) is 30.7 Å². The molecule has 1 aliphatic rings. The molecular weight excluding hydrogens is 328 g/mol. The van der Waals surface area contributed by atoms with Crippen molar-refractivity contribution in [2.24, 2.45) is 5.92 Å². The van der Waals surface area contributed by atoms with Gasteiger partial charge < -0.3 is 15.4 Å². The molecule has 0 radical (unpaired) electrons. The Bertz CT molecular complexity index is 712. The third kappa shape index (κ3) is 3.88. The molecule has 24 heavy (non-hydrogen) atoms. The molecule has 2 heterocycles. The maximum absolute atomic E-state index is 12.4. The van der Waals surface area contributed by atoms with E-state index in [4.69, 9.17) is 4.74 Å². The van der Waals surface area contributed by atoms with Crippen LogP contribution in [0.3, 0.4) is 0 Å². The standard InChI is InChI=1S/C17H24N4O2.ClH/c1-11(23-3)6-19-17(22)14-4-5-16-15(12(14)2)10-21(20-16)9-13-7-18-8-13;/h4-5,10-11,13,18H,6-9H2,1-3H3,(H,19,22);1H. The summed E-state index contributed by atoms with van der Waals surface area (Å²) < 4.78 is 7.16. The van der Waals surface area contributed by atoms with Crippen molar-refractivity contribution in [2.75, 3.05) is 26.7 Å². The highest BCUT2D eigenvalue weighted by molar-refractivity contribution is 6.00. The van der Waals surface area contributed by atoms with Gasteiger partial charge in [0, 0.05) is 56.4 Å². The van der Waals surface area contributed by atoms with E-state index in [2.05, 4.69) is 21.9 Å². The van der Waals surface area contributed by atoms with Crippen molar-refractivity contribution in [1.82, 2.24) is 20.4 Å². The Labute approximate surface area is 148 Å². The third-order valence-electron chi connectivity index (χ3n) is 4.51. The largest absolute Gasteiger partial charge is 0.380 e.